The lowest BCUT2D eigenvalue weighted by molar-refractivity contribution is 0.394. The van der Waals surface area contributed by atoms with Crippen LogP contribution in [0.3, 0.4) is 0 Å². The molecule has 1 atom stereocenters. The number of nitrogens with two attached hydrogens (primary N) is 1. The van der Waals surface area contributed by atoms with Crippen molar-refractivity contribution in [1.29, 1.82) is 0 Å². The Balaban J connectivity index is 3.27. The first-order valence-electron chi connectivity index (χ1n) is 5.25. The van der Waals surface area contributed by atoms with Gasteiger partial charge in [0.1, 0.15) is 4.90 Å². The van der Waals surface area contributed by atoms with Gasteiger partial charge in [-0.3, -0.25) is 0 Å². The van der Waals surface area contributed by atoms with Crippen LogP contribution in [0.15, 0.2) is 23.1 Å². The highest BCUT2D eigenvalue weighted by atomic mass is 35.5. The Morgan fingerprint density at radius 2 is 2.06 bits per heavy atom. The van der Waals surface area contributed by atoms with Gasteiger partial charge >= 0.3 is 0 Å². The number of hydrogen-bond acceptors (Lipinski definition) is 3. The molecular formula is C11H17ClN2O2S. The van der Waals surface area contributed by atoms with E-state index in [9.17, 15) is 8.42 Å². The quantitative estimate of drug-likeness (QED) is 0.909. The molecule has 0 amide bonds. The molecule has 0 aliphatic rings. The molecule has 96 valence electrons. The number of halogens is 1. The average Bonchev–Trinajstić information content (AvgIpc) is 2.30. The fourth-order valence-electron chi connectivity index (χ4n) is 1.36. The second-order valence-corrected chi connectivity index (χ2v) is 6.34. The van der Waals surface area contributed by atoms with Crippen LogP contribution in [0.5, 0.6) is 0 Å². The summed E-state index contributed by atoms with van der Waals surface area (Å²) in [6.45, 7) is 3.79. The van der Waals surface area contributed by atoms with Gasteiger partial charge in [-0.2, -0.15) is 4.31 Å². The summed E-state index contributed by atoms with van der Waals surface area (Å²) in [7, 11) is -2.08. The molecule has 0 heterocycles. The summed E-state index contributed by atoms with van der Waals surface area (Å²) in [5.41, 5.74) is 6.21. The monoisotopic (exact) mass is 276 g/mol. The van der Waals surface area contributed by atoms with Gasteiger partial charge in [-0.1, -0.05) is 23.7 Å². The molecule has 1 aromatic rings. The number of sulfonamides is 1. The third-order valence-corrected chi connectivity index (χ3v) is 5.40. The van der Waals surface area contributed by atoms with Crippen LogP contribution in [0.2, 0.25) is 5.02 Å². The van der Waals surface area contributed by atoms with Gasteiger partial charge in [0, 0.05) is 19.6 Å². The second kappa shape index (κ2) is 5.35. The Bertz CT molecular complexity index is 502. The summed E-state index contributed by atoms with van der Waals surface area (Å²) in [4.78, 5) is 0.127. The van der Waals surface area contributed by atoms with Crippen LogP contribution < -0.4 is 5.73 Å². The van der Waals surface area contributed by atoms with Crippen molar-refractivity contribution in [2.75, 3.05) is 13.6 Å². The molecule has 0 unspecified atom stereocenters. The summed E-state index contributed by atoms with van der Waals surface area (Å²) >= 11 is 6.03. The summed E-state index contributed by atoms with van der Waals surface area (Å²) < 4.78 is 25.8. The van der Waals surface area contributed by atoms with E-state index in [1.807, 2.05) is 0 Å². The Labute approximate surface area is 107 Å². The summed E-state index contributed by atoms with van der Waals surface area (Å²) in [5.74, 6) is 0. The maximum atomic E-state index is 12.3. The lowest BCUT2D eigenvalue weighted by atomic mass is 10.2. The smallest absolute Gasteiger partial charge is 0.244 e. The molecule has 2 N–H and O–H groups in total. The molecule has 6 heteroatoms. The van der Waals surface area contributed by atoms with Crippen LogP contribution in [-0.2, 0) is 10.0 Å². The Hall–Kier alpha value is -0.620. The number of benzene rings is 1. The van der Waals surface area contributed by atoms with E-state index >= 15 is 0 Å². The first-order chi connectivity index (χ1) is 7.82. The highest BCUT2D eigenvalue weighted by Gasteiger charge is 2.27. The van der Waals surface area contributed by atoms with Crippen molar-refractivity contribution in [3.05, 3.63) is 28.8 Å². The van der Waals surface area contributed by atoms with Crippen molar-refractivity contribution in [2.24, 2.45) is 5.73 Å². The van der Waals surface area contributed by atoms with E-state index in [-0.39, 0.29) is 22.5 Å². The third kappa shape index (κ3) is 2.80. The number of hydrogen-bond donors (Lipinski definition) is 1. The van der Waals surface area contributed by atoms with Crippen molar-refractivity contribution < 1.29 is 8.42 Å². The molecule has 1 rings (SSSR count). The Morgan fingerprint density at radius 3 is 2.59 bits per heavy atom. The SMILES string of the molecule is Cc1cccc(S(=O)(=O)N(C)[C@H](C)CN)c1Cl. The topological polar surface area (TPSA) is 63.4 Å². The van der Waals surface area contributed by atoms with Crippen LogP contribution >= 0.6 is 11.6 Å². The molecule has 1 aromatic carbocycles. The molecule has 0 saturated heterocycles. The molecule has 0 bridgehead atoms. The van der Waals surface area contributed by atoms with Crippen molar-refractivity contribution in [3.63, 3.8) is 0 Å². The predicted octanol–water partition coefficient (Wildman–Crippen LogP) is 1.62. The standard InChI is InChI=1S/C11H17ClN2O2S/c1-8-5-4-6-10(11(8)12)17(15,16)14(3)9(2)7-13/h4-6,9H,7,13H2,1-3H3/t9-/m1/s1. The molecule has 0 radical (unpaired) electrons. The van der Waals surface area contributed by atoms with Gasteiger partial charge in [0.15, 0.2) is 0 Å². The van der Waals surface area contributed by atoms with Gasteiger partial charge in [0.25, 0.3) is 0 Å². The van der Waals surface area contributed by atoms with Crippen molar-refractivity contribution >= 4 is 21.6 Å². The molecule has 0 aromatic heterocycles. The van der Waals surface area contributed by atoms with Crippen LogP contribution in [-0.4, -0.2) is 32.4 Å². The summed E-state index contributed by atoms with van der Waals surface area (Å²) in [6, 6.07) is 4.68. The summed E-state index contributed by atoms with van der Waals surface area (Å²) in [6.07, 6.45) is 0. The van der Waals surface area contributed by atoms with E-state index in [1.54, 1.807) is 26.0 Å². The van der Waals surface area contributed by atoms with Gasteiger partial charge in [-0.25, -0.2) is 8.42 Å². The minimum absolute atomic E-state index is 0.127. The second-order valence-electron chi connectivity index (χ2n) is 3.99. The van der Waals surface area contributed by atoms with Crippen molar-refractivity contribution in [1.82, 2.24) is 4.31 Å². The van der Waals surface area contributed by atoms with Gasteiger partial charge in [-0.15, -0.1) is 0 Å². The molecule has 4 nitrogen and oxygen atoms in total. The lowest BCUT2D eigenvalue weighted by Crippen LogP contribution is -2.39. The van der Waals surface area contributed by atoms with E-state index in [0.717, 1.165) is 5.56 Å². The molecule has 0 saturated carbocycles. The number of aryl methyl sites for hydroxylation is 1. The highest BCUT2D eigenvalue weighted by Crippen LogP contribution is 2.27. The van der Waals surface area contributed by atoms with E-state index < -0.39 is 10.0 Å². The highest BCUT2D eigenvalue weighted by molar-refractivity contribution is 7.89. The molecule has 0 fully saturated rings. The van der Waals surface area contributed by atoms with Crippen LogP contribution in [0.1, 0.15) is 12.5 Å². The lowest BCUT2D eigenvalue weighted by Gasteiger charge is -2.23. The van der Waals surface area contributed by atoms with Gasteiger partial charge in [0.2, 0.25) is 10.0 Å². The summed E-state index contributed by atoms with van der Waals surface area (Å²) in [5, 5.41) is 0.267. The molecular weight excluding hydrogens is 260 g/mol. The van der Waals surface area contributed by atoms with Crippen molar-refractivity contribution in [3.8, 4) is 0 Å². The number of nitrogens with zero attached hydrogens (tertiary/aromatic N) is 1. The largest absolute Gasteiger partial charge is 0.329 e. The fraction of sp³-hybridized carbons (Fsp3) is 0.455. The third-order valence-electron chi connectivity index (χ3n) is 2.78. The Morgan fingerprint density at radius 1 is 1.47 bits per heavy atom. The van der Waals surface area contributed by atoms with Gasteiger partial charge in [-0.05, 0) is 25.5 Å². The van der Waals surface area contributed by atoms with Crippen LogP contribution in [0.4, 0.5) is 0 Å². The fourth-order valence-corrected chi connectivity index (χ4v) is 3.29. The van der Waals surface area contributed by atoms with E-state index in [4.69, 9.17) is 17.3 Å². The Kier molecular flexibility index (Phi) is 4.55. The van der Waals surface area contributed by atoms with Crippen LogP contribution in [0.25, 0.3) is 0 Å². The maximum absolute atomic E-state index is 12.3. The molecule has 0 aliphatic heterocycles. The van der Waals surface area contributed by atoms with Crippen molar-refractivity contribution in [2.45, 2.75) is 24.8 Å². The van der Waals surface area contributed by atoms with E-state index in [0.29, 0.717) is 0 Å². The first-order valence-corrected chi connectivity index (χ1v) is 7.07. The molecule has 17 heavy (non-hydrogen) atoms. The first kappa shape index (κ1) is 14.4. The van der Waals surface area contributed by atoms with E-state index in [2.05, 4.69) is 0 Å². The predicted molar refractivity (Wildman–Crippen MR) is 69.7 cm³/mol. The zero-order chi connectivity index (χ0) is 13.2. The number of rotatable bonds is 4. The normalized spacial score (nSPS) is 14.0. The van der Waals surface area contributed by atoms with Gasteiger partial charge in [0.05, 0.1) is 5.02 Å². The van der Waals surface area contributed by atoms with Gasteiger partial charge < -0.3 is 5.73 Å². The average molecular weight is 277 g/mol. The maximum Gasteiger partial charge on any atom is 0.244 e. The van der Waals surface area contributed by atoms with E-state index in [1.165, 1.54) is 17.4 Å². The minimum atomic E-state index is -3.58. The minimum Gasteiger partial charge on any atom is -0.329 e. The van der Waals surface area contributed by atoms with Crippen LogP contribution in [0, 0.1) is 6.92 Å². The number of likely N-dealkylation sites (N-methyl/N-ethyl adjacent to an activating group) is 1. The molecule has 0 spiro atoms. The zero-order valence-electron chi connectivity index (χ0n) is 10.1. The zero-order valence-corrected chi connectivity index (χ0v) is 11.7. The molecule has 0 aliphatic carbocycles.